The number of nitrogens with zero attached hydrogens (tertiary/aromatic N) is 1. The fourth-order valence-electron chi connectivity index (χ4n) is 3.92. The van der Waals surface area contributed by atoms with Gasteiger partial charge in [-0.25, -0.2) is 0 Å². The van der Waals surface area contributed by atoms with Crippen LogP contribution in [0.25, 0.3) is 11.1 Å². The summed E-state index contributed by atoms with van der Waals surface area (Å²) in [5, 5.41) is 5.69. The average molecular weight is 394 g/mol. The Kier molecular flexibility index (Phi) is 7.42. The molecule has 1 saturated heterocycles. The predicted octanol–water partition coefficient (Wildman–Crippen LogP) is 3.32. The molecule has 0 aromatic heterocycles. The highest BCUT2D eigenvalue weighted by Crippen LogP contribution is 2.19. The van der Waals surface area contributed by atoms with E-state index in [0.29, 0.717) is 5.56 Å². The van der Waals surface area contributed by atoms with Crippen molar-refractivity contribution in [1.29, 1.82) is 0 Å². The second-order valence-electron chi connectivity index (χ2n) is 8.10. The molecule has 1 aliphatic heterocycles. The van der Waals surface area contributed by atoms with Crippen molar-refractivity contribution in [2.75, 3.05) is 26.2 Å². The first-order chi connectivity index (χ1) is 14.0. The Balaban J connectivity index is 1.43. The molecule has 2 atom stereocenters. The zero-order valence-electron chi connectivity index (χ0n) is 17.4. The largest absolute Gasteiger partial charge is 0.351 e. The van der Waals surface area contributed by atoms with Gasteiger partial charge >= 0.3 is 0 Å². The van der Waals surface area contributed by atoms with Crippen molar-refractivity contribution in [3.05, 3.63) is 60.2 Å². The molecule has 0 radical (unpaired) electrons. The second kappa shape index (κ2) is 10.2. The summed E-state index contributed by atoms with van der Waals surface area (Å²) < 4.78 is 0. The third-order valence-corrected chi connectivity index (χ3v) is 5.34. The van der Waals surface area contributed by atoms with Gasteiger partial charge in [-0.15, -0.1) is 0 Å². The molecular weight excluding hydrogens is 362 g/mol. The fraction of sp³-hybridized carbons (Fsp3) is 0.417. The van der Waals surface area contributed by atoms with E-state index in [9.17, 15) is 9.59 Å². The first kappa shape index (κ1) is 21.1. The summed E-state index contributed by atoms with van der Waals surface area (Å²) in [6.07, 6.45) is 2.51. The zero-order valence-corrected chi connectivity index (χ0v) is 17.4. The summed E-state index contributed by atoms with van der Waals surface area (Å²) in [5.41, 5.74) is 2.71. The van der Waals surface area contributed by atoms with Crippen molar-refractivity contribution >= 4 is 11.8 Å². The van der Waals surface area contributed by atoms with Gasteiger partial charge in [0.15, 0.2) is 0 Å². The number of amides is 2. The molecule has 2 aromatic carbocycles. The Morgan fingerprint density at radius 2 is 1.76 bits per heavy atom. The molecule has 5 nitrogen and oxygen atoms in total. The number of piperidine rings is 1. The maximum Gasteiger partial charge on any atom is 0.251 e. The van der Waals surface area contributed by atoms with Crippen LogP contribution in [0.2, 0.25) is 0 Å². The van der Waals surface area contributed by atoms with Crippen LogP contribution in [0.4, 0.5) is 0 Å². The van der Waals surface area contributed by atoms with Gasteiger partial charge in [-0.2, -0.15) is 0 Å². The van der Waals surface area contributed by atoms with Crippen molar-refractivity contribution in [1.82, 2.24) is 15.5 Å². The van der Waals surface area contributed by atoms with Crippen LogP contribution in [-0.2, 0) is 4.79 Å². The summed E-state index contributed by atoms with van der Waals surface area (Å²) in [4.78, 5) is 26.9. The minimum absolute atomic E-state index is 0.0139. The van der Waals surface area contributed by atoms with Gasteiger partial charge in [0.05, 0.1) is 6.54 Å². The summed E-state index contributed by atoms with van der Waals surface area (Å²) in [6, 6.07) is 17.5. The monoisotopic (exact) mass is 393 g/mol. The number of likely N-dealkylation sites (tertiary alicyclic amines) is 1. The quantitative estimate of drug-likeness (QED) is 0.759. The molecule has 1 fully saturated rings. The van der Waals surface area contributed by atoms with E-state index in [2.05, 4.69) is 22.5 Å². The molecule has 0 aliphatic carbocycles. The number of carbonyl (C=O) groups excluding carboxylic acids is 2. The molecule has 3 rings (SSSR count). The van der Waals surface area contributed by atoms with Gasteiger partial charge in [0, 0.05) is 24.7 Å². The van der Waals surface area contributed by atoms with E-state index in [1.807, 2.05) is 49.4 Å². The molecule has 2 unspecified atom stereocenters. The van der Waals surface area contributed by atoms with Gasteiger partial charge in [0.1, 0.15) is 0 Å². The molecule has 29 heavy (non-hydrogen) atoms. The summed E-state index contributed by atoms with van der Waals surface area (Å²) >= 11 is 0. The van der Waals surface area contributed by atoms with E-state index < -0.39 is 0 Å². The third-order valence-electron chi connectivity index (χ3n) is 5.34. The highest BCUT2D eigenvalue weighted by molar-refractivity contribution is 5.96. The first-order valence-corrected chi connectivity index (χ1v) is 10.5. The van der Waals surface area contributed by atoms with E-state index >= 15 is 0 Å². The number of hydrogen-bond acceptors (Lipinski definition) is 3. The van der Waals surface area contributed by atoms with Crippen LogP contribution in [-0.4, -0.2) is 48.9 Å². The molecule has 0 saturated carbocycles. The number of nitrogens with one attached hydrogen (secondary N) is 2. The normalized spacial score (nSPS) is 18.1. The Morgan fingerprint density at radius 3 is 2.45 bits per heavy atom. The number of carbonyl (C=O) groups is 2. The summed E-state index contributed by atoms with van der Waals surface area (Å²) in [6.45, 7) is 7.32. The number of rotatable bonds is 7. The van der Waals surface area contributed by atoms with Crippen molar-refractivity contribution in [2.45, 2.75) is 32.7 Å². The van der Waals surface area contributed by atoms with Crippen molar-refractivity contribution < 1.29 is 9.59 Å². The van der Waals surface area contributed by atoms with Crippen LogP contribution < -0.4 is 10.6 Å². The van der Waals surface area contributed by atoms with E-state index in [1.165, 1.54) is 12.8 Å². The number of hydrogen-bond donors (Lipinski definition) is 2. The summed E-state index contributed by atoms with van der Waals surface area (Å²) in [5.74, 6) is 0.327. The van der Waals surface area contributed by atoms with Gasteiger partial charge in [-0.1, -0.05) is 49.4 Å². The van der Waals surface area contributed by atoms with Crippen molar-refractivity contribution in [2.24, 2.45) is 5.92 Å². The molecule has 2 aromatic rings. The Labute approximate surface area is 173 Å². The second-order valence-corrected chi connectivity index (χ2v) is 8.10. The van der Waals surface area contributed by atoms with Crippen LogP contribution in [0.3, 0.4) is 0 Å². The molecule has 2 amide bonds. The Morgan fingerprint density at radius 1 is 1.07 bits per heavy atom. The molecule has 5 heteroatoms. The summed E-state index contributed by atoms with van der Waals surface area (Å²) in [7, 11) is 0. The van der Waals surface area contributed by atoms with Gasteiger partial charge in [0.2, 0.25) is 5.91 Å². The van der Waals surface area contributed by atoms with E-state index in [1.54, 1.807) is 12.1 Å². The van der Waals surface area contributed by atoms with Crippen LogP contribution in [0.1, 0.15) is 37.0 Å². The maximum atomic E-state index is 12.3. The molecular formula is C24H31N3O2. The zero-order chi connectivity index (χ0) is 20.6. The molecule has 1 heterocycles. The predicted molar refractivity (Wildman–Crippen MR) is 117 cm³/mol. The molecule has 154 valence electrons. The van der Waals surface area contributed by atoms with E-state index in [-0.39, 0.29) is 24.4 Å². The molecule has 0 bridgehead atoms. The van der Waals surface area contributed by atoms with Crippen LogP contribution in [0.15, 0.2) is 54.6 Å². The lowest BCUT2D eigenvalue weighted by Gasteiger charge is -2.32. The highest BCUT2D eigenvalue weighted by atomic mass is 16.2. The van der Waals surface area contributed by atoms with Gasteiger partial charge in [0.25, 0.3) is 5.91 Å². The first-order valence-electron chi connectivity index (χ1n) is 10.5. The van der Waals surface area contributed by atoms with Crippen molar-refractivity contribution in [3.63, 3.8) is 0 Å². The topological polar surface area (TPSA) is 61.4 Å². The SMILES string of the molecule is CC1CCCN(CC(C)NC(=O)CNC(=O)c2ccc(-c3ccccc3)cc2)C1. The minimum atomic E-state index is -0.239. The lowest BCUT2D eigenvalue weighted by atomic mass is 10.00. The lowest BCUT2D eigenvalue weighted by Crippen LogP contribution is -2.47. The van der Waals surface area contributed by atoms with Crippen LogP contribution in [0.5, 0.6) is 0 Å². The number of benzene rings is 2. The smallest absolute Gasteiger partial charge is 0.251 e. The van der Waals surface area contributed by atoms with E-state index in [4.69, 9.17) is 0 Å². The van der Waals surface area contributed by atoms with Crippen LogP contribution >= 0.6 is 0 Å². The highest BCUT2D eigenvalue weighted by Gasteiger charge is 2.19. The Hall–Kier alpha value is -2.66. The average Bonchev–Trinajstić information content (AvgIpc) is 2.72. The molecule has 2 N–H and O–H groups in total. The van der Waals surface area contributed by atoms with Gasteiger partial charge in [-0.05, 0) is 55.5 Å². The van der Waals surface area contributed by atoms with Crippen molar-refractivity contribution in [3.8, 4) is 11.1 Å². The minimum Gasteiger partial charge on any atom is -0.351 e. The standard InChI is InChI=1S/C24H31N3O2/c1-18-7-6-14-27(16-18)17-19(2)26-23(28)15-25-24(29)22-12-10-21(11-13-22)20-8-4-3-5-9-20/h3-5,8-13,18-19H,6-7,14-17H2,1-2H3,(H,25,29)(H,26,28). The van der Waals surface area contributed by atoms with Crippen LogP contribution in [0, 0.1) is 5.92 Å². The fourth-order valence-corrected chi connectivity index (χ4v) is 3.92. The maximum absolute atomic E-state index is 12.3. The Bertz CT molecular complexity index is 805. The lowest BCUT2D eigenvalue weighted by molar-refractivity contribution is -0.120. The van der Waals surface area contributed by atoms with Gasteiger partial charge in [-0.3, -0.25) is 9.59 Å². The molecule has 1 aliphatic rings. The third kappa shape index (κ3) is 6.43. The van der Waals surface area contributed by atoms with E-state index in [0.717, 1.165) is 36.7 Å². The molecule has 0 spiro atoms. The van der Waals surface area contributed by atoms with Gasteiger partial charge < -0.3 is 15.5 Å².